The second kappa shape index (κ2) is 1.92. The SMILES string of the molecule is CC1(C)CC(C)(O)C(=S)N1. The number of rotatable bonds is 0. The van der Waals surface area contributed by atoms with E-state index in [1.54, 1.807) is 6.92 Å². The average molecular weight is 159 g/mol. The average Bonchev–Trinajstić information content (AvgIpc) is 1.73. The molecule has 0 amide bonds. The molecule has 1 heterocycles. The number of thiocarbonyl (C=S) groups is 1. The van der Waals surface area contributed by atoms with Crippen LogP contribution in [0.2, 0.25) is 0 Å². The normalized spacial score (nSPS) is 37.8. The van der Waals surface area contributed by atoms with Crippen LogP contribution in [-0.4, -0.2) is 21.2 Å². The van der Waals surface area contributed by atoms with Crippen LogP contribution in [0.15, 0.2) is 0 Å². The lowest BCUT2D eigenvalue weighted by atomic mass is 9.95. The van der Waals surface area contributed by atoms with Crippen LogP contribution in [0.4, 0.5) is 0 Å². The summed E-state index contributed by atoms with van der Waals surface area (Å²) in [5.41, 5.74) is -0.834. The van der Waals surface area contributed by atoms with Crippen LogP contribution in [0.3, 0.4) is 0 Å². The minimum absolute atomic E-state index is 0.0411. The van der Waals surface area contributed by atoms with Gasteiger partial charge in [-0.25, -0.2) is 0 Å². The van der Waals surface area contributed by atoms with Crippen molar-refractivity contribution < 1.29 is 5.11 Å². The Bertz CT molecular complexity index is 174. The number of nitrogens with one attached hydrogen (secondary N) is 1. The van der Waals surface area contributed by atoms with Gasteiger partial charge in [-0.05, 0) is 20.8 Å². The van der Waals surface area contributed by atoms with Gasteiger partial charge in [-0.1, -0.05) is 12.2 Å². The van der Waals surface area contributed by atoms with Gasteiger partial charge in [0.05, 0.1) is 0 Å². The molecule has 0 aliphatic carbocycles. The van der Waals surface area contributed by atoms with Gasteiger partial charge in [-0.3, -0.25) is 0 Å². The second-order valence-electron chi connectivity index (χ2n) is 3.79. The van der Waals surface area contributed by atoms with Gasteiger partial charge < -0.3 is 10.4 Å². The lowest BCUT2D eigenvalue weighted by Crippen LogP contribution is -2.35. The Balaban J connectivity index is 2.81. The zero-order valence-electron chi connectivity index (χ0n) is 6.56. The van der Waals surface area contributed by atoms with Gasteiger partial charge in [-0.2, -0.15) is 0 Å². The molecule has 3 heteroatoms. The van der Waals surface area contributed by atoms with Crippen molar-refractivity contribution in [3.8, 4) is 0 Å². The predicted molar refractivity (Wildman–Crippen MR) is 45.1 cm³/mol. The molecular weight excluding hydrogens is 146 g/mol. The fourth-order valence-electron chi connectivity index (χ4n) is 1.43. The van der Waals surface area contributed by atoms with E-state index in [4.69, 9.17) is 12.2 Å². The van der Waals surface area contributed by atoms with Gasteiger partial charge in [0.1, 0.15) is 10.6 Å². The molecule has 1 aliphatic heterocycles. The molecule has 0 aromatic rings. The van der Waals surface area contributed by atoms with Crippen LogP contribution in [0, 0.1) is 0 Å². The summed E-state index contributed by atoms with van der Waals surface area (Å²) in [4.78, 5) is 0.567. The van der Waals surface area contributed by atoms with Crippen LogP contribution < -0.4 is 5.32 Å². The maximum absolute atomic E-state index is 9.59. The molecule has 1 atom stereocenters. The quantitative estimate of drug-likeness (QED) is 0.514. The van der Waals surface area contributed by atoms with Gasteiger partial charge in [0.15, 0.2) is 0 Å². The molecule has 1 aliphatic rings. The van der Waals surface area contributed by atoms with E-state index < -0.39 is 5.60 Å². The summed E-state index contributed by atoms with van der Waals surface area (Å²) in [5.74, 6) is 0. The standard InChI is InChI=1S/C7H13NOS/c1-6(2)4-7(3,9)5(10)8-6/h9H,4H2,1-3H3,(H,8,10). The van der Waals surface area contributed by atoms with Crippen LogP contribution in [0.1, 0.15) is 27.2 Å². The van der Waals surface area contributed by atoms with E-state index in [1.807, 2.05) is 13.8 Å². The summed E-state index contributed by atoms with van der Waals surface area (Å²) in [6.07, 6.45) is 0.693. The topological polar surface area (TPSA) is 32.3 Å². The minimum atomic E-state index is -0.793. The van der Waals surface area contributed by atoms with E-state index in [0.29, 0.717) is 11.4 Å². The number of aliphatic hydroxyl groups is 1. The zero-order chi connectivity index (χ0) is 7.99. The molecule has 1 unspecified atom stereocenters. The van der Waals surface area contributed by atoms with Gasteiger partial charge in [0.25, 0.3) is 0 Å². The monoisotopic (exact) mass is 159 g/mol. The van der Waals surface area contributed by atoms with Crippen molar-refractivity contribution >= 4 is 17.2 Å². The molecule has 0 spiro atoms. The van der Waals surface area contributed by atoms with Crippen molar-refractivity contribution in [2.45, 2.75) is 38.3 Å². The molecule has 1 fully saturated rings. The highest BCUT2D eigenvalue weighted by Crippen LogP contribution is 2.28. The summed E-state index contributed by atoms with van der Waals surface area (Å²) in [6.45, 7) is 5.80. The summed E-state index contributed by atoms with van der Waals surface area (Å²) < 4.78 is 0. The second-order valence-corrected chi connectivity index (χ2v) is 4.20. The van der Waals surface area contributed by atoms with Crippen LogP contribution in [-0.2, 0) is 0 Å². The first-order chi connectivity index (χ1) is 4.33. The third-order valence-corrected chi connectivity index (χ3v) is 2.27. The summed E-state index contributed by atoms with van der Waals surface area (Å²) >= 11 is 4.94. The highest BCUT2D eigenvalue weighted by Gasteiger charge is 2.42. The Labute approximate surface area is 66.6 Å². The van der Waals surface area contributed by atoms with E-state index in [1.165, 1.54) is 0 Å². The van der Waals surface area contributed by atoms with Gasteiger partial charge in [-0.15, -0.1) is 0 Å². The zero-order valence-corrected chi connectivity index (χ0v) is 7.38. The minimum Gasteiger partial charge on any atom is -0.383 e. The van der Waals surface area contributed by atoms with E-state index in [0.717, 1.165) is 0 Å². The maximum Gasteiger partial charge on any atom is 0.114 e. The highest BCUT2D eigenvalue weighted by molar-refractivity contribution is 7.80. The molecular formula is C7H13NOS. The van der Waals surface area contributed by atoms with Crippen molar-refractivity contribution in [3.63, 3.8) is 0 Å². The Morgan fingerprint density at radius 1 is 1.50 bits per heavy atom. The molecule has 58 valence electrons. The Morgan fingerprint density at radius 3 is 2.10 bits per heavy atom. The number of hydrogen-bond acceptors (Lipinski definition) is 2. The van der Waals surface area contributed by atoms with Crippen molar-refractivity contribution in [2.75, 3.05) is 0 Å². The third kappa shape index (κ3) is 1.30. The Kier molecular flexibility index (Phi) is 1.53. The van der Waals surface area contributed by atoms with E-state index in [9.17, 15) is 5.11 Å². The first-order valence-electron chi connectivity index (χ1n) is 3.38. The third-order valence-electron chi connectivity index (χ3n) is 1.73. The highest BCUT2D eigenvalue weighted by atomic mass is 32.1. The van der Waals surface area contributed by atoms with Crippen LogP contribution in [0.25, 0.3) is 0 Å². The predicted octanol–water partition coefficient (Wildman–Crippen LogP) is 0.837. The smallest absolute Gasteiger partial charge is 0.114 e. The van der Waals surface area contributed by atoms with Crippen LogP contribution in [0.5, 0.6) is 0 Å². The summed E-state index contributed by atoms with van der Waals surface area (Å²) in [7, 11) is 0. The van der Waals surface area contributed by atoms with Gasteiger partial charge in [0, 0.05) is 12.0 Å². The van der Waals surface area contributed by atoms with Crippen molar-refractivity contribution in [2.24, 2.45) is 0 Å². The first kappa shape index (κ1) is 7.95. The summed E-state index contributed by atoms with van der Waals surface area (Å²) in [6, 6.07) is 0. The lowest BCUT2D eigenvalue weighted by molar-refractivity contribution is 0.122. The van der Waals surface area contributed by atoms with Crippen LogP contribution >= 0.6 is 12.2 Å². The first-order valence-corrected chi connectivity index (χ1v) is 3.79. The number of hydrogen-bond donors (Lipinski definition) is 2. The fraction of sp³-hybridized carbons (Fsp3) is 0.857. The van der Waals surface area contributed by atoms with E-state index in [-0.39, 0.29) is 5.54 Å². The molecule has 0 bridgehead atoms. The van der Waals surface area contributed by atoms with Gasteiger partial charge in [0.2, 0.25) is 0 Å². The molecule has 0 aromatic heterocycles. The molecule has 0 radical (unpaired) electrons. The molecule has 2 N–H and O–H groups in total. The lowest BCUT2D eigenvalue weighted by Gasteiger charge is -2.17. The molecule has 2 nitrogen and oxygen atoms in total. The molecule has 1 saturated heterocycles. The maximum atomic E-state index is 9.59. The van der Waals surface area contributed by atoms with Gasteiger partial charge >= 0.3 is 0 Å². The van der Waals surface area contributed by atoms with Crippen molar-refractivity contribution in [1.29, 1.82) is 0 Å². The molecule has 0 saturated carbocycles. The Morgan fingerprint density at radius 2 is 2.00 bits per heavy atom. The largest absolute Gasteiger partial charge is 0.383 e. The molecule has 10 heavy (non-hydrogen) atoms. The molecule has 1 rings (SSSR count). The fourth-order valence-corrected chi connectivity index (χ4v) is 1.78. The molecule has 0 aromatic carbocycles. The Hall–Kier alpha value is -0.150. The van der Waals surface area contributed by atoms with Crippen molar-refractivity contribution in [3.05, 3.63) is 0 Å². The summed E-state index contributed by atoms with van der Waals surface area (Å²) in [5, 5.41) is 12.7. The van der Waals surface area contributed by atoms with Crippen molar-refractivity contribution in [1.82, 2.24) is 5.32 Å². The van der Waals surface area contributed by atoms with E-state index >= 15 is 0 Å². The van der Waals surface area contributed by atoms with E-state index in [2.05, 4.69) is 5.32 Å².